The van der Waals surface area contributed by atoms with Crippen LogP contribution >= 0.6 is 11.8 Å². The number of nitrogens with zero attached hydrogens (tertiary/aromatic N) is 1. The molecule has 0 bridgehead atoms. The number of carbonyl (C=O) groups excluding carboxylic acids is 1. The molecule has 0 aromatic carbocycles. The number of unbranched alkanes of at least 4 members (excludes halogenated alkanes) is 1. The van der Waals surface area contributed by atoms with E-state index in [1.165, 1.54) is 0 Å². The highest BCUT2D eigenvalue weighted by Gasteiger charge is 2.13. The van der Waals surface area contributed by atoms with Crippen molar-refractivity contribution in [3.63, 3.8) is 0 Å². The van der Waals surface area contributed by atoms with E-state index in [4.69, 9.17) is 10.00 Å². The van der Waals surface area contributed by atoms with Gasteiger partial charge in [0.2, 0.25) is 0 Å². The molecule has 0 radical (unpaired) electrons. The van der Waals surface area contributed by atoms with Crippen LogP contribution < -0.4 is 0 Å². The lowest BCUT2D eigenvalue weighted by Crippen LogP contribution is -2.17. The monoisotopic (exact) mass is 215 g/mol. The third-order valence-electron chi connectivity index (χ3n) is 1.58. The summed E-state index contributed by atoms with van der Waals surface area (Å²) in [6.45, 7) is 4.31. The zero-order valence-electron chi connectivity index (χ0n) is 8.78. The van der Waals surface area contributed by atoms with Crippen molar-refractivity contribution in [2.45, 2.75) is 38.4 Å². The summed E-state index contributed by atoms with van der Waals surface area (Å²) in [6.07, 6.45) is 2.26. The molecule has 0 aliphatic carbocycles. The molecule has 0 heterocycles. The number of carbonyl (C=O) groups is 1. The zero-order chi connectivity index (χ0) is 10.8. The number of hydrogen-bond acceptors (Lipinski definition) is 4. The van der Waals surface area contributed by atoms with Crippen LogP contribution in [0.4, 0.5) is 0 Å². The highest BCUT2D eigenvalue weighted by Crippen LogP contribution is 2.13. The van der Waals surface area contributed by atoms with Crippen molar-refractivity contribution < 1.29 is 9.53 Å². The molecule has 4 heteroatoms. The van der Waals surface area contributed by atoms with Crippen molar-refractivity contribution in [1.29, 1.82) is 5.26 Å². The Morgan fingerprint density at radius 1 is 1.64 bits per heavy atom. The van der Waals surface area contributed by atoms with Crippen LogP contribution in [0.2, 0.25) is 0 Å². The summed E-state index contributed by atoms with van der Waals surface area (Å²) < 4.78 is 4.99. The Hall–Kier alpha value is -0.690. The van der Waals surface area contributed by atoms with Gasteiger partial charge in [-0.15, -0.1) is 11.8 Å². The minimum absolute atomic E-state index is 0.111. The second kappa shape index (κ2) is 8.89. The van der Waals surface area contributed by atoms with Crippen molar-refractivity contribution in [2.75, 3.05) is 12.4 Å². The van der Waals surface area contributed by atoms with Crippen LogP contribution in [0.3, 0.4) is 0 Å². The Morgan fingerprint density at radius 2 is 2.36 bits per heavy atom. The number of nitriles is 1. The van der Waals surface area contributed by atoms with E-state index >= 15 is 0 Å². The van der Waals surface area contributed by atoms with Crippen molar-refractivity contribution >= 4 is 17.7 Å². The first-order chi connectivity index (χ1) is 6.72. The average Bonchev–Trinajstić information content (AvgIpc) is 2.20. The van der Waals surface area contributed by atoms with Crippen LogP contribution in [0.5, 0.6) is 0 Å². The number of esters is 1. The maximum absolute atomic E-state index is 11.3. The van der Waals surface area contributed by atoms with Crippen LogP contribution in [0.1, 0.15) is 33.1 Å². The van der Waals surface area contributed by atoms with E-state index in [-0.39, 0.29) is 11.2 Å². The van der Waals surface area contributed by atoms with Gasteiger partial charge < -0.3 is 4.74 Å². The zero-order valence-corrected chi connectivity index (χ0v) is 9.60. The van der Waals surface area contributed by atoms with Gasteiger partial charge >= 0.3 is 5.97 Å². The molecule has 1 atom stereocenters. The molecule has 0 saturated carbocycles. The molecule has 0 saturated heterocycles. The highest BCUT2D eigenvalue weighted by atomic mass is 32.2. The molecule has 0 aromatic rings. The van der Waals surface area contributed by atoms with E-state index in [1.54, 1.807) is 11.8 Å². The van der Waals surface area contributed by atoms with Crippen LogP contribution in [0, 0.1) is 11.3 Å². The van der Waals surface area contributed by atoms with Gasteiger partial charge in [-0.2, -0.15) is 5.26 Å². The Bertz CT molecular complexity index is 201. The molecule has 0 aliphatic heterocycles. The van der Waals surface area contributed by atoms with Gasteiger partial charge in [0.15, 0.2) is 0 Å². The second-order valence-corrected chi connectivity index (χ2v) is 4.39. The predicted molar refractivity (Wildman–Crippen MR) is 58.0 cm³/mol. The minimum atomic E-state index is -0.145. The lowest BCUT2D eigenvalue weighted by atomic mass is 10.4. The van der Waals surface area contributed by atoms with E-state index in [2.05, 4.69) is 6.07 Å². The fraction of sp³-hybridized carbons (Fsp3) is 0.800. The molecule has 0 amide bonds. The maximum atomic E-state index is 11.3. The summed E-state index contributed by atoms with van der Waals surface area (Å²) in [5.74, 6) is 0.699. The minimum Gasteiger partial charge on any atom is -0.465 e. The third-order valence-corrected chi connectivity index (χ3v) is 2.80. The molecule has 3 nitrogen and oxygen atoms in total. The van der Waals surface area contributed by atoms with Crippen molar-refractivity contribution in [1.82, 2.24) is 0 Å². The quantitative estimate of drug-likeness (QED) is 0.483. The summed E-state index contributed by atoms with van der Waals surface area (Å²) >= 11 is 1.55. The lowest BCUT2D eigenvalue weighted by molar-refractivity contribution is -0.142. The van der Waals surface area contributed by atoms with Gasteiger partial charge in [0.05, 0.1) is 17.9 Å². The molecular formula is C10H17NO2S. The van der Waals surface area contributed by atoms with E-state index in [9.17, 15) is 4.79 Å². The number of rotatable bonds is 7. The Balaban J connectivity index is 3.47. The fourth-order valence-corrected chi connectivity index (χ4v) is 1.67. The molecular weight excluding hydrogens is 198 g/mol. The number of hydrogen-bond donors (Lipinski definition) is 0. The van der Waals surface area contributed by atoms with Gasteiger partial charge in [-0.3, -0.25) is 4.79 Å². The fourth-order valence-electron chi connectivity index (χ4n) is 0.799. The number of thioether (sulfide) groups is 1. The van der Waals surface area contributed by atoms with Gasteiger partial charge in [-0.25, -0.2) is 0 Å². The summed E-state index contributed by atoms with van der Waals surface area (Å²) in [5.41, 5.74) is 0. The van der Waals surface area contributed by atoms with Crippen molar-refractivity contribution in [3.05, 3.63) is 0 Å². The molecule has 80 valence electrons. The third kappa shape index (κ3) is 6.79. The van der Waals surface area contributed by atoms with E-state index in [0.717, 1.165) is 18.6 Å². The van der Waals surface area contributed by atoms with E-state index in [1.807, 2.05) is 13.8 Å². The molecule has 0 fully saturated rings. The van der Waals surface area contributed by atoms with Gasteiger partial charge in [0.25, 0.3) is 0 Å². The Labute approximate surface area is 89.8 Å². The second-order valence-electron chi connectivity index (χ2n) is 2.94. The summed E-state index contributed by atoms with van der Waals surface area (Å²) in [4.78, 5) is 11.3. The van der Waals surface area contributed by atoms with Gasteiger partial charge in [-0.1, -0.05) is 6.92 Å². The molecule has 1 unspecified atom stereocenters. The SMILES string of the molecule is CCCOC(=O)C(C)SCCCC#N. The Morgan fingerprint density at radius 3 is 2.93 bits per heavy atom. The molecule has 0 N–H and O–H groups in total. The molecule has 0 rings (SSSR count). The highest BCUT2D eigenvalue weighted by molar-refractivity contribution is 8.00. The maximum Gasteiger partial charge on any atom is 0.318 e. The largest absolute Gasteiger partial charge is 0.465 e. The summed E-state index contributed by atoms with van der Waals surface area (Å²) in [5, 5.41) is 8.20. The van der Waals surface area contributed by atoms with Crippen molar-refractivity contribution in [3.8, 4) is 6.07 Å². The normalized spacial score (nSPS) is 11.8. The van der Waals surface area contributed by atoms with Gasteiger partial charge in [0, 0.05) is 6.42 Å². The van der Waals surface area contributed by atoms with Crippen LogP contribution in [0.15, 0.2) is 0 Å². The lowest BCUT2D eigenvalue weighted by Gasteiger charge is -2.09. The van der Waals surface area contributed by atoms with Gasteiger partial charge in [-0.05, 0) is 25.5 Å². The van der Waals surface area contributed by atoms with E-state index in [0.29, 0.717) is 13.0 Å². The standard InChI is InChI=1S/C10H17NO2S/c1-3-7-13-10(12)9(2)14-8-5-4-6-11/h9H,3-5,7-8H2,1-2H3. The van der Waals surface area contributed by atoms with Crippen LogP contribution in [-0.4, -0.2) is 23.6 Å². The smallest absolute Gasteiger partial charge is 0.318 e. The Kier molecular flexibility index (Phi) is 8.45. The summed E-state index contributed by atoms with van der Waals surface area (Å²) in [7, 11) is 0. The van der Waals surface area contributed by atoms with Crippen molar-refractivity contribution in [2.24, 2.45) is 0 Å². The molecule has 0 spiro atoms. The molecule has 0 aromatic heterocycles. The average molecular weight is 215 g/mol. The predicted octanol–water partition coefficient (Wildman–Crippen LogP) is 2.37. The van der Waals surface area contributed by atoms with E-state index < -0.39 is 0 Å². The van der Waals surface area contributed by atoms with Crippen LogP contribution in [-0.2, 0) is 9.53 Å². The van der Waals surface area contributed by atoms with Gasteiger partial charge in [0.1, 0.15) is 0 Å². The summed E-state index contributed by atoms with van der Waals surface area (Å²) in [6, 6.07) is 2.08. The topological polar surface area (TPSA) is 50.1 Å². The first kappa shape index (κ1) is 13.3. The first-order valence-electron chi connectivity index (χ1n) is 4.87. The van der Waals surface area contributed by atoms with Crippen LogP contribution in [0.25, 0.3) is 0 Å². The number of ether oxygens (including phenoxy) is 1. The molecule has 0 aliphatic rings. The first-order valence-corrected chi connectivity index (χ1v) is 5.92. The molecule has 14 heavy (non-hydrogen) atoms.